The lowest BCUT2D eigenvalue weighted by molar-refractivity contribution is 1.07. The van der Waals surface area contributed by atoms with Gasteiger partial charge in [-0.05, 0) is 71.1 Å². The molecule has 3 aromatic heterocycles. The first-order valence-electron chi connectivity index (χ1n) is 18.3. The first-order chi connectivity index (χ1) is 26.8. The van der Waals surface area contributed by atoms with Crippen LogP contribution in [0.4, 0.5) is 0 Å². The van der Waals surface area contributed by atoms with Crippen molar-refractivity contribution >= 4 is 54.4 Å². The lowest BCUT2D eigenvalue weighted by Gasteiger charge is -2.14. The summed E-state index contributed by atoms with van der Waals surface area (Å²) in [6.07, 6.45) is 0. The van der Waals surface area contributed by atoms with Crippen LogP contribution in [0.3, 0.4) is 0 Å². The lowest BCUT2D eigenvalue weighted by Crippen LogP contribution is -2.01. The number of nitrogens with zero attached hydrogens (tertiary/aromatic N) is 5. The first-order valence-corrected chi connectivity index (χ1v) is 18.3. The number of benzene rings is 8. The van der Waals surface area contributed by atoms with Crippen molar-refractivity contribution in [2.45, 2.75) is 0 Å². The van der Waals surface area contributed by atoms with Gasteiger partial charge in [-0.3, -0.25) is 0 Å². The van der Waals surface area contributed by atoms with Crippen LogP contribution in [0.5, 0.6) is 0 Å². The zero-order chi connectivity index (χ0) is 35.3. The van der Waals surface area contributed by atoms with E-state index in [1.165, 1.54) is 60.0 Å². The summed E-state index contributed by atoms with van der Waals surface area (Å²) in [6.45, 7) is 0. The second-order valence-corrected chi connectivity index (χ2v) is 14.0. The highest BCUT2D eigenvalue weighted by atomic mass is 15.0. The number of rotatable bonds is 5. The summed E-state index contributed by atoms with van der Waals surface area (Å²) in [5, 5.41) is 7.59. The molecule has 250 valence electrons. The SMILES string of the molecule is c1ccc(-c2nc(-c3ccccc3)nc(-c3cc4c5c6c7c(ccc8c7c7c-4cccc7n8-c4ccccc4)ccc6n(-c4ccccc4)c5c3)n2)cc1. The summed E-state index contributed by atoms with van der Waals surface area (Å²) in [5.41, 5.74) is 12.2. The third-order valence-electron chi connectivity index (χ3n) is 11.0. The predicted molar refractivity (Wildman–Crippen MR) is 221 cm³/mol. The third kappa shape index (κ3) is 4.06. The summed E-state index contributed by atoms with van der Waals surface area (Å²) in [7, 11) is 0. The highest BCUT2D eigenvalue weighted by Crippen LogP contribution is 2.52. The molecule has 11 aromatic rings. The van der Waals surface area contributed by atoms with Crippen molar-refractivity contribution in [1.82, 2.24) is 24.1 Å². The normalized spacial score (nSPS) is 12.1. The van der Waals surface area contributed by atoms with Crippen molar-refractivity contribution in [3.63, 3.8) is 0 Å². The van der Waals surface area contributed by atoms with Crippen molar-refractivity contribution in [2.24, 2.45) is 0 Å². The molecule has 0 saturated carbocycles. The van der Waals surface area contributed by atoms with Gasteiger partial charge < -0.3 is 9.13 Å². The standard InChI is InChI=1S/C49H29N5/c1-5-14-31(15-6-1)47-50-48(32-16-7-2-8-17-32)52-49(51-47)33-28-37-36-22-13-23-38-43(36)45-39(53(38)34-18-9-3-10-19-34)26-24-30-25-27-40-46(42(30)45)44(37)41(29-33)54(40)35-20-11-4-12-21-35/h1-29H. The molecule has 3 heterocycles. The molecule has 54 heavy (non-hydrogen) atoms. The van der Waals surface area contributed by atoms with E-state index in [4.69, 9.17) is 15.0 Å². The van der Waals surface area contributed by atoms with Crippen LogP contribution in [0.2, 0.25) is 0 Å². The topological polar surface area (TPSA) is 48.5 Å². The van der Waals surface area contributed by atoms with E-state index in [9.17, 15) is 0 Å². The number of aromatic nitrogens is 5. The molecule has 5 nitrogen and oxygen atoms in total. The fourth-order valence-corrected chi connectivity index (χ4v) is 8.80. The second-order valence-electron chi connectivity index (χ2n) is 14.0. The fraction of sp³-hybridized carbons (Fsp3) is 0. The van der Waals surface area contributed by atoms with Gasteiger partial charge in [0.1, 0.15) is 0 Å². The van der Waals surface area contributed by atoms with Gasteiger partial charge in [-0.25, -0.2) is 15.0 Å². The molecule has 8 aromatic carbocycles. The predicted octanol–water partition coefficient (Wildman–Crippen LogP) is 12.2. The van der Waals surface area contributed by atoms with Crippen LogP contribution in [0.25, 0.3) is 111 Å². The zero-order valence-electron chi connectivity index (χ0n) is 29.0. The molecule has 0 aliphatic heterocycles. The Bertz CT molecular complexity index is 3230. The minimum atomic E-state index is 0.636. The van der Waals surface area contributed by atoms with Crippen LogP contribution in [0, 0.1) is 0 Å². The van der Waals surface area contributed by atoms with Crippen LogP contribution in [0.1, 0.15) is 0 Å². The highest BCUT2D eigenvalue weighted by molar-refractivity contribution is 6.39. The summed E-state index contributed by atoms with van der Waals surface area (Å²) < 4.78 is 4.85. The second kappa shape index (κ2) is 11.1. The number of hydrogen-bond acceptors (Lipinski definition) is 3. The monoisotopic (exact) mass is 687 g/mol. The zero-order valence-corrected chi connectivity index (χ0v) is 29.0. The smallest absolute Gasteiger partial charge is 0.164 e. The lowest BCUT2D eigenvalue weighted by atomic mass is 9.95. The molecule has 0 N–H and O–H groups in total. The summed E-state index contributed by atoms with van der Waals surface area (Å²) in [4.78, 5) is 15.4. The van der Waals surface area contributed by atoms with Gasteiger partial charge in [-0.15, -0.1) is 0 Å². The van der Waals surface area contributed by atoms with Gasteiger partial charge in [0.05, 0.1) is 22.1 Å². The molecule has 0 spiro atoms. The largest absolute Gasteiger partial charge is 0.309 e. The van der Waals surface area contributed by atoms with Gasteiger partial charge >= 0.3 is 0 Å². The molecule has 5 heteroatoms. The van der Waals surface area contributed by atoms with Crippen LogP contribution in [-0.4, -0.2) is 24.1 Å². The van der Waals surface area contributed by atoms with Crippen molar-refractivity contribution in [1.29, 1.82) is 0 Å². The Labute approximate surface area is 310 Å². The molecule has 0 saturated heterocycles. The van der Waals surface area contributed by atoms with E-state index in [1.807, 2.05) is 36.4 Å². The Morgan fingerprint density at radius 2 is 0.759 bits per heavy atom. The average molecular weight is 688 g/mol. The maximum atomic E-state index is 5.21. The van der Waals surface area contributed by atoms with Gasteiger partial charge in [-0.1, -0.05) is 121 Å². The Morgan fingerprint density at radius 3 is 1.31 bits per heavy atom. The van der Waals surface area contributed by atoms with Gasteiger partial charge in [-0.2, -0.15) is 0 Å². The van der Waals surface area contributed by atoms with Gasteiger partial charge in [0.15, 0.2) is 17.5 Å². The minimum absolute atomic E-state index is 0.636. The van der Waals surface area contributed by atoms with Crippen molar-refractivity contribution in [2.75, 3.05) is 0 Å². The molecule has 0 radical (unpaired) electrons. The number of para-hydroxylation sites is 2. The summed E-state index contributed by atoms with van der Waals surface area (Å²) in [5.74, 6) is 1.93. The van der Waals surface area contributed by atoms with Crippen LogP contribution in [0.15, 0.2) is 176 Å². The molecule has 0 amide bonds. The molecule has 12 rings (SSSR count). The van der Waals surface area contributed by atoms with Crippen molar-refractivity contribution in [3.8, 4) is 56.7 Å². The molecule has 0 atom stereocenters. The Balaban J connectivity index is 1.26. The maximum absolute atomic E-state index is 5.21. The molecule has 0 fully saturated rings. The van der Waals surface area contributed by atoms with Gasteiger partial charge in [0.2, 0.25) is 0 Å². The quantitative estimate of drug-likeness (QED) is 0.181. The maximum Gasteiger partial charge on any atom is 0.164 e. The van der Waals surface area contributed by atoms with Gasteiger partial charge in [0.25, 0.3) is 0 Å². The third-order valence-corrected chi connectivity index (χ3v) is 11.0. The van der Waals surface area contributed by atoms with E-state index >= 15 is 0 Å². The van der Waals surface area contributed by atoms with E-state index < -0.39 is 0 Å². The minimum Gasteiger partial charge on any atom is -0.309 e. The molecule has 1 aliphatic carbocycles. The molecule has 0 bridgehead atoms. The fourth-order valence-electron chi connectivity index (χ4n) is 8.80. The molecular formula is C49H29N5. The van der Waals surface area contributed by atoms with Crippen LogP contribution in [-0.2, 0) is 0 Å². The Kier molecular flexibility index (Phi) is 5.99. The van der Waals surface area contributed by atoms with E-state index in [1.54, 1.807) is 0 Å². The van der Waals surface area contributed by atoms with E-state index in [-0.39, 0.29) is 0 Å². The molecule has 1 aliphatic rings. The van der Waals surface area contributed by atoms with E-state index in [0.717, 1.165) is 33.6 Å². The summed E-state index contributed by atoms with van der Waals surface area (Å²) >= 11 is 0. The van der Waals surface area contributed by atoms with Crippen molar-refractivity contribution < 1.29 is 0 Å². The highest BCUT2D eigenvalue weighted by Gasteiger charge is 2.28. The number of hydrogen-bond donors (Lipinski definition) is 0. The van der Waals surface area contributed by atoms with E-state index in [0.29, 0.717) is 17.5 Å². The van der Waals surface area contributed by atoms with Crippen molar-refractivity contribution in [3.05, 3.63) is 176 Å². The van der Waals surface area contributed by atoms with Gasteiger partial charge in [0, 0.05) is 55.0 Å². The first kappa shape index (κ1) is 29.2. The average Bonchev–Trinajstić information content (AvgIpc) is 3.73. The molecule has 0 unspecified atom stereocenters. The Hall–Kier alpha value is -7.37. The van der Waals surface area contributed by atoms with Crippen LogP contribution >= 0.6 is 0 Å². The summed E-state index contributed by atoms with van der Waals surface area (Å²) in [6, 6.07) is 62.4. The van der Waals surface area contributed by atoms with Crippen LogP contribution < -0.4 is 0 Å². The molecular weight excluding hydrogens is 659 g/mol. The van der Waals surface area contributed by atoms with E-state index in [2.05, 4.69) is 149 Å². The number of fused-ring (bicyclic) bond motifs is 1. The Morgan fingerprint density at radius 1 is 0.296 bits per heavy atom.